The molecule has 0 aliphatic carbocycles. The second kappa shape index (κ2) is 8.86. The van der Waals surface area contributed by atoms with Gasteiger partial charge in [0.05, 0.1) is 0 Å². The molecule has 0 unspecified atom stereocenters. The number of ether oxygens (including phenoxy) is 1. The van der Waals surface area contributed by atoms with Crippen LogP contribution in [0.1, 0.15) is 53.4 Å². The second-order valence-corrected chi connectivity index (χ2v) is 6.75. The van der Waals surface area contributed by atoms with Crippen molar-refractivity contribution in [1.29, 1.82) is 0 Å². The van der Waals surface area contributed by atoms with Crippen LogP contribution < -0.4 is 5.32 Å². The minimum atomic E-state index is -0.482. The van der Waals surface area contributed by atoms with E-state index in [0.29, 0.717) is 26.2 Å². The maximum atomic E-state index is 12.0. The monoisotopic (exact) mass is 313 g/mol. The SMILES string of the molecule is CCCCCCNC(=O)N1CCN(C(=O)OC(C)(C)C)CC1. The van der Waals surface area contributed by atoms with Crippen molar-refractivity contribution in [1.82, 2.24) is 15.1 Å². The third-order valence-corrected chi connectivity index (χ3v) is 3.53. The molecule has 0 radical (unpaired) electrons. The van der Waals surface area contributed by atoms with Crippen LogP contribution in [0.25, 0.3) is 0 Å². The van der Waals surface area contributed by atoms with E-state index in [1.807, 2.05) is 20.8 Å². The average molecular weight is 313 g/mol. The number of hydrogen-bond donors (Lipinski definition) is 1. The highest BCUT2D eigenvalue weighted by molar-refractivity contribution is 5.75. The number of rotatable bonds is 5. The molecule has 1 fully saturated rings. The standard InChI is InChI=1S/C16H31N3O3/c1-5-6-7-8-9-17-14(20)18-10-12-19(13-11-18)15(21)22-16(2,3)4/h5-13H2,1-4H3,(H,17,20). The molecule has 128 valence electrons. The summed E-state index contributed by atoms with van der Waals surface area (Å²) < 4.78 is 5.34. The molecule has 0 aromatic carbocycles. The summed E-state index contributed by atoms with van der Waals surface area (Å²) in [5.41, 5.74) is -0.482. The zero-order valence-corrected chi connectivity index (χ0v) is 14.5. The van der Waals surface area contributed by atoms with Crippen LogP contribution in [0.15, 0.2) is 0 Å². The van der Waals surface area contributed by atoms with Crippen LogP contribution in [0.4, 0.5) is 9.59 Å². The van der Waals surface area contributed by atoms with Gasteiger partial charge >= 0.3 is 12.1 Å². The van der Waals surface area contributed by atoms with Crippen molar-refractivity contribution in [3.63, 3.8) is 0 Å². The number of nitrogens with one attached hydrogen (secondary N) is 1. The van der Waals surface area contributed by atoms with Crippen molar-refractivity contribution in [2.45, 2.75) is 59.0 Å². The molecule has 0 aromatic rings. The Bertz CT molecular complexity index is 358. The number of hydrogen-bond acceptors (Lipinski definition) is 3. The molecule has 22 heavy (non-hydrogen) atoms. The van der Waals surface area contributed by atoms with Crippen molar-refractivity contribution >= 4 is 12.1 Å². The van der Waals surface area contributed by atoms with E-state index in [9.17, 15) is 9.59 Å². The fourth-order valence-electron chi connectivity index (χ4n) is 2.28. The fraction of sp³-hybridized carbons (Fsp3) is 0.875. The molecule has 1 saturated heterocycles. The van der Waals surface area contributed by atoms with Gasteiger partial charge in [0.15, 0.2) is 0 Å². The average Bonchev–Trinajstić information content (AvgIpc) is 2.45. The molecule has 1 aliphatic heterocycles. The highest BCUT2D eigenvalue weighted by atomic mass is 16.6. The lowest BCUT2D eigenvalue weighted by Crippen LogP contribution is -2.54. The first-order chi connectivity index (χ1) is 10.3. The molecule has 6 nitrogen and oxygen atoms in total. The minimum Gasteiger partial charge on any atom is -0.444 e. The van der Waals surface area contributed by atoms with Crippen molar-refractivity contribution in [2.24, 2.45) is 0 Å². The zero-order chi connectivity index (χ0) is 16.6. The predicted octanol–water partition coefficient (Wildman–Crippen LogP) is 2.83. The number of urea groups is 1. The number of amides is 3. The number of carbonyl (C=O) groups excluding carboxylic acids is 2. The lowest BCUT2D eigenvalue weighted by atomic mass is 10.2. The van der Waals surface area contributed by atoms with Gasteiger partial charge in [0.2, 0.25) is 0 Å². The van der Waals surface area contributed by atoms with Crippen LogP contribution in [0.3, 0.4) is 0 Å². The summed E-state index contributed by atoms with van der Waals surface area (Å²) in [6.45, 7) is 10.6. The van der Waals surface area contributed by atoms with E-state index < -0.39 is 5.60 Å². The molecule has 6 heteroatoms. The molecular weight excluding hydrogens is 282 g/mol. The summed E-state index contributed by atoms with van der Waals surface area (Å²) in [6, 6.07) is -0.0275. The van der Waals surface area contributed by atoms with E-state index in [0.717, 1.165) is 19.4 Å². The first-order valence-electron chi connectivity index (χ1n) is 8.34. The molecule has 0 saturated carbocycles. The largest absolute Gasteiger partial charge is 0.444 e. The Morgan fingerprint density at radius 3 is 2.14 bits per heavy atom. The van der Waals surface area contributed by atoms with Gasteiger partial charge in [-0.2, -0.15) is 0 Å². The molecule has 1 aliphatic rings. The molecule has 1 heterocycles. The topological polar surface area (TPSA) is 61.9 Å². The van der Waals surface area contributed by atoms with Crippen LogP contribution in [0.2, 0.25) is 0 Å². The first kappa shape index (κ1) is 18.6. The van der Waals surface area contributed by atoms with Crippen LogP contribution in [0, 0.1) is 0 Å². The van der Waals surface area contributed by atoms with Gasteiger partial charge in [-0.05, 0) is 27.2 Å². The van der Waals surface area contributed by atoms with Gasteiger partial charge in [-0.3, -0.25) is 0 Å². The van der Waals surface area contributed by atoms with Crippen molar-refractivity contribution in [2.75, 3.05) is 32.7 Å². The van der Waals surface area contributed by atoms with E-state index >= 15 is 0 Å². The normalized spacial score (nSPS) is 15.6. The number of nitrogens with zero attached hydrogens (tertiary/aromatic N) is 2. The Hall–Kier alpha value is -1.46. The van der Waals surface area contributed by atoms with Crippen LogP contribution in [-0.4, -0.2) is 60.2 Å². The van der Waals surface area contributed by atoms with E-state index in [-0.39, 0.29) is 12.1 Å². The van der Waals surface area contributed by atoms with Gasteiger partial charge in [-0.1, -0.05) is 26.2 Å². The number of piperazine rings is 1. The molecule has 1 N–H and O–H groups in total. The van der Waals surface area contributed by atoms with Crippen LogP contribution in [-0.2, 0) is 4.74 Å². The van der Waals surface area contributed by atoms with Gasteiger partial charge in [0.1, 0.15) is 5.60 Å². The summed E-state index contributed by atoms with van der Waals surface area (Å²) in [6.07, 6.45) is 4.29. The maximum absolute atomic E-state index is 12.0. The smallest absolute Gasteiger partial charge is 0.410 e. The minimum absolute atomic E-state index is 0.0275. The third kappa shape index (κ3) is 7.00. The summed E-state index contributed by atoms with van der Waals surface area (Å²) in [5, 5.41) is 2.95. The highest BCUT2D eigenvalue weighted by Gasteiger charge is 2.27. The van der Waals surface area contributed by atoms with E-state index in [1.165, 1.54) is 12.8 Å². The highest BCUT2D eigenvalue weighted by Crippen LogP contribution is 2.11. The summed E-state index contributed by atoms with van der Waals surface area (Å²) in [7, 11) is 0. The summed E-state index contributed by atoms with van der Waals surface area (Å²) in [4.78, 5) is 27.4. The number of unbranched alkanes of at least 4 members (excludes halogenated alkanes) is 3. The number of carbonyl (C=O) groups is 2. The molecule has 3 amide bonds. The van der Waals surface area contributed by atoms with Crippen molar-refractivity contribution < 1.29 is 14.3 Å². The second-order valence-electron chi connectivity index (χ2n) is 6.75. The lowest BCUT2D eigenvalue weighted by molar-refractivity contribution is 0.0170. The van der Waals surface area contributed by atoms with E-state index in [4.69, 9.17) is 4.74 Å². The maximum Gasteiger partial charge on any atom is 0.410 e. The fourth-order valence-corrected chi connectivity index (χ4v) is 2.28. The quantitative estimate of drug-likeness (QED) is 0.794. The third-order valence-electron chi connectivity index (χ3n) is 3.53. The Balaban J connectivity index is 2.24. The Morgan fingerprint density at radius 1 is 1.00 bits per heavy atom. The molecule has 0 spiro atoms. The Kier molecular flexibility index (Phi) is 7.48. The van der Waals surface area contributed by atoms with Gasteiger partial charge in [-0.25, -0.2) is 9.59 Å². The van der Waals surface area contributed by atoms with Crippen molar-refractivity contribution in [3.8, 4) is 0 Å². The Labute approximate surface area is 134 Å². The van der Waals surface area contributed by atoms with Gasteiger partial charge in [0, 0.05) is 32.7 Å². The first-order valence-corrected chi connectivity index (χ1v) is 8.34. The molecular formula is C16H31N3O3. The van der Waals surface area contributed by atoms with Crippen LogP contribution in [0.5, 0.6) is 0 Å². The lowest BCUT2D eigenvalue weighted by Gasteiger charge is -2.35. The van der Waals surface area contributed by atoms with Crippen molar-refractivity contribution in [3.05, 3.63) is 0 Å². The van der Waals surface area contributed by atoms with Gasteiger partial charge in [0.25, 0.3) is 0 Å². The molecule has 0 atom stereocenters. The van der Waals surface area contributed by atoms with Crippen LogP contribution >= 0.6 is 0 Å². The summed E-state index contributed by atoms with van der Waals surface area (Å²) >= 11 is 0. The molecule has 1 rings (SSSR count). The van der Waals surface area contributed by atoms with E-state index in [2.05, 4.69) is 12.2 Å². The summed E-state index contributed by atoms with van der Waals surface area (Å²) in [5.74, 6) is 0. The zero-order valence-electron chi connectivity index (χ0n) is 14.5. The molecule has 0 aromatic heterocycles. The predicted molar refractivity (Wildman–Crippen MR) is 86.9 cm³/mol. The van der Waals surface area contributed by atoms with Gasteiger partial charge < -0.3 is 19.9 Å². The molecule has 0 bridgehead atoms. The van der Waals surface area contributed by atoms with Gasteiger partial charge in [-0.15, -0.1) is 0 Å². The Morgan fingerprint density at radius 2 is 1.59 bits per heavy atom. The van der Waals surface area contributed by atoms with E-state index in [1.54, 1.807) is 9.80 Å².